The molecule has 1 aliphatic rings. The van der Waals surface area contributed by atoms with Crippen LogP contribution in [0.25, 0.3) is 0 Å². The first-order valence-corrected chi connectivity index (χ1v) is 5.46. The molecule has 1 N–H and O–H groups in total. The lowest BCUT2D eigenvalue weighted by Gasteiger charge is -2.19. The van der Waals surface area contributed by atoms with Crippen molar-refractivity contribution in [2.24, 2.45) is 7.05 Å². The number of aromatic nitrogens is 2. The molecule has 1 aromatic heterocycles. The van der Waals surface area contributed by atoms with Gasteiger partial charge in [0.25, 0.3) is 5.56 Å². The van der Waals surface area contributed by atoms with Gasteiger partial charge in [0.05, 0.1) is 6.67 Å². The molecule has 1 aromatic rings. The average Bonchev–Trinajstić information content (AvgIpc) is 2.61. The fourth-order valence-corrected chi connectivity index (χ4v) is 2.12. The van der Waals surface area contributed by atoms with E-state index in [4.69, 9.17) is 0 Å². The first kappa shape index (κ1) is 11.5. The standard InChI is InChI=1S/C11H16N4O2/c1-4-5-6-15-7-13(2)8-9(16)12-11(17)14(3)10(8)15/h4H,1,5-7H2,2-3H3,(H,12,16,17). The molecule has 0 unspecified atom stereocenters. The molecule has 2 heterocycles. The molecule has 2 rings (SSSR count). The van der Waals surface area contributed by atoms with Crippen LogP contribution in [-0.2, 0) is 7.05 Å². The summed E-state index contributed by atoms with van der Waals surface area (Å²) in [6.45, 7) is 5.04. The van der Waals surface area contributed by atoms with E-state index in [1.165, 1.54) is 4.57 Å². The number of hydrogen-bond acceptors (Lipinski definition) is 4. The Morgan fingerprint density at radius 1 is 1.41 bits per heavy atom. The molecule has 0 aliphatic carbocycles. The van der Waals surface area contributed by atoms with E-state index >= 15 is 0 Å². The second kappa shape index (κ2) is 4.12. The molecule has 6 nitrogen and oxygen atoms in total. The van der Waals surface area contributed by atoms with E-state index in [-0.39, 0.29) is 11.2 Å². The number of fused-ring (bicyclic) bond motifs is 1. The van der Waals surface area contributed by atoms with Crippen LogP contribution in [0.3, 0.4) is 0 Å². The number of nitrogens with one attached hydrogen (secondary N) is 1. The Hall–Kier alpha value is -1.98. The number of H-pyrrole nitrogens is 1. The van der Waals surface area contributed by atoms with E-state index in [0.29, 0.717) is 18.2 Å². The van der Waals surface area contributed by atoms with Gasteiger partial charge in [0.15, 0.2) is 0 Å². The number of rotatable bonds is 3. The summed E-state index contributed by atoms with van der Waals surface area (Å²) in [6, 6.07) is 0. The number of nitrogens with zero attached hydrogens (tertiary/aromatic N) is 3. The summed E-state index contributed by atoms with van der Waals surface area (Å²) in [5.74, 6) is 0.683. The van der Waals surface area contributed by atoms with Crippen molar-refractivity contribution in [1.29, 1.82) is 0 Å². The van der Waals surface area contributed by atoms with Crippen LogP contribution in [0.4, 0.5) is 11.5 Å². The molecule has 17 heavy (non-hydrogen) atoms. The summed E-state index contributed by atoms with van der Waals surface area (Å²) in [5.41, 5.74) is -0.157. The smallest absolute Gasteiger partial charge is 0.329 e. The highest BCUT2D eigenvalue weighted by molar-refractivity contribution is 5.71. The van der Waals surface area contributed by atoms with Crippen molar-refractivity contribution in [1.82, 2.24) is 9.55 Å². The van der Waals surface area contributed by atoms with Gasteiger partial charge in [-0.25, -0.2) is 4.79 Å². The Labute approximate surface area is 98.8 Å². The molecule has 0 atom stereocenters. The lowest BCUT2D eigenvalue weighted by Crippen LogP contribution is -2.32. The van der Waals surface area contributed by atoms with Gasteiger partial charge in [0.1, 0.15) is 11.5 Å². The topological polar surface area (TPSA) is 61.3 Å². The highest BCUT2D eigenvalue weighted by Crippen LogP contribution is 2.29. The minimum atomic E-state index is -0.382. The zero-order valence-corrected chi connectivity index (χ0v) is 10.1. The van der Waals surface area contributed by atoms with Crippen molar-refractivity contribution in [3.63, 3.8) is 0 Å². The lowest BCUT2D eigenvalue weighted by molar-refractivity contribution is 0.747. The minimum absolute atomic E-state index is 0.327. The first-order valence-electron chi connectivity index (χ1n) is 5.46. The Kier molecular flexibility index (Phi) is 2.79. The molecule has 0 spiro atoms. The van der Waals surface area contributed by atoms with Crippen molar-refractivity contribution in [3.8, 4) is 0 Å². The second-order valence-electron chi connectivity index (χ2n) is 4.17. The number of hydrogen-bond donors (Lipinski definition) is 1. The third kappa shape index (κ3) is 1.75. The molecule has 6 heteroatoms. The van der Waals surface area contributed by atoms with Gasteiger partial charge in [-0.15, -0.1) is 6.58 Å². The third-order valence-electron chi connectivity index (χ3n) is 2.94. The Morgan fingerprint density at radius 2 is 2.12 bits per heavy atom. The molecule has 0 fully saturated rings. The van der Waals surface area contributed by atoms with E-state index in [0.717, 1.165) is 13.0 Å². The van der Waals surface area contributed by atoms with E-state index in [1.54, 1.807) is 7.05 Å². The van der Waals surface area contributed by atoms with E-state index in [9.17, 15) is 9.59 Å². The minimum Gasteiger partial charge on any atom is -0.349 e. The van der Waals surface area contributed by atoms with Crippen molar-refractivity contribution in [3.05, 3.63) is 33.5 Å². The maximum atomic E-state index is 11.8. The molecule has 0 bridgehead atoms. The van der Waals surface area contributed by atoms with Crippen LogP contribution in [0.1, 0.15) is 6.42 Å². The van der Waals surface area contributed by atoms with Crippen molar-refractivity contribution >= 4 is 11.5 Å². The van der Waals surface area contributed by atoms with Crippen LogP contribution < -0.4 is 21.0 Å². The molecule has 0 saturated carbocycles. The summed E-state index contributed by atoms with van der Waals surface area (Å²) in [6.07, 6.45) is 2.64. The molecule has 92 valence electrons. The average molecular weight is 236 g/mol. The zero-order valence-electron chi connectivity index (χ0n) is 10.1. The van der Waals surface area contributed by atoms with Crippen LogP contribution in [-0.4, -0.2) is 29.8 Å². The Morgan fingerprint density at radius 3 is 2.76 bits per heavy atom. The van der Waals surface area contributed by atoms with Gasteiger partial charge in [0, 0.05) is 20.6 Å². The van der Waals surface area contributed by atoms with Gasteiger partial charge in [-0.3, -0.25) is 14.3 Å². The predicted octanol–water partition coefficient (Wildman–Crippen LogP) is -0.137. The Bertz CT molecular complexity index is 558. The molecule has 0 radical (unpaired) electrons. The predicted molar refractivity (Wildman–Crippen MR) is 67.7 cm³/mol. The highest BCUT2D eigenvalue weighted by Gasteiger charge is 2.28. The summed E-state index contributed by atoms with van der Waals surface area (Å²) < 4.78 is 1.48. The lowest BCUT2D eigenvalue weighted by atomic mass is 10.4. The van der Waals surface area contributed by atoms with Crippen molar-refractivity contribution < 1.29 is 0 Å². The van der Waals surface area contributed by atoms with Crippen LogP contribution >= 0.6 is 0 Å². The highest BCUT2D eigenvalue weighted by atomic mass is 16.2. The summed E-state index contributed by atoms with van der Waals surface area (Å²) in [5, 5.41) is 0. The molecule has 1 aliphatic heterocycles. The zero-order chi connectivity index (χ0) is 12.6. The molecule has 0 aromatic carbocycles. The molecular formula is C11H16N4O2. The Balaban J connectivity index is 2.55. The number of anilines is 2. The van der Waals surface area contributed by atoms with E-state index in [2.05, 4.69) is 11.6 Å². The number of aromatic amines is 1. The first-order chi connectivity index (χ1) is 8.06. The van der Waals surface area contributed by atoms with Gasteiger partial charge in [-0.1, -0.05) is 6.08 Å². The maximum Gasteiger partial charge on any atom is 0.329 e. The van der Waals surface area contributed by atoms with Gasteiger partial charge < -0.3 is 9.80 Å². The van der Waals surface area contributed by atoms with Gasteiger partial charge >= 0.3 is 5.69 Å². The van der Waals surface area contributed by atoms with Crippen LogP contribution in [0.15, 0.2) is 22.2 Å². The summed E-state index contributed by atoms with van der Waals surface area (Å²) in [4.78, 5) is 29.5. The van der Waals surface area contributed by atoms with Crippen molar-refractivity contribution in [2.45, 2.75) is 6.42 Å². The summed E-state index contributed by atoms with van der Waals surface area (Å²) >= 11 is 0. The quantitative estimate of drug-likeness (QED) is 0.742. The normalized spacial score (nSPS) is 14.0. The van der Waals surface area contributed by atoms with Gasteiger partial charge in [-0.2, -0.15) is 0 Å². The second-order valence-corrected chi connectivity index (χ2v) is 4.17. The van der Waals surface area contributed by atoms with Crippen molar-refractivity contribution in [2.75, 3.05) is 30.1 Å². The fraction of sp³-hybridized carbons (Fsp3) is 0.455. The van der Waals surface area contributed by atoms with Crippen LogP contribution in [0, 0.1) is 0 Å². The van der Waals surface area contributed by atoms with Crippen LogP contribution in [0.5, 0.6) is 0 Å². The van der Waals surface area contributed by atoms with E-state index in [1.807, 2.05) is 22.9 Å². The third-order valence-corrected chi connectivity index (χ3v) is 2.94. The summed E-state index contributed by atoms with van der Waals surface area (Å²) in [7, 11) is 3.50. The van der Waals surface area contributed by atoms with Gasteiger partial charge in [-0.05, 0) is 6.42 Å². The fourth-order valence-electron chi connectivity index (χ4n) is 2.12. The van der Waals surface area contributed by atoms with Gasteiger partial charge in [0.2, 0.25) is 0 Å². The molecule has 0 saturated heterocycles. The SMILES string of the molecule is C=CCCN1CN(C)c2c1n(C)c(=O)[nH]c2=O. The van der Waals surface area contributed by atoms with E-state index < -0.39 is 0 Å². The molecular weight excluding hydrogens is 220 g/mol. The maximum absolute atomic E-state index is 11.8. The van der Waals surface area contributed by atoms with Crippen LogP contribution in [0.2, 0.25) is 0 Å². The molecule has 0 amide bonds. The monoisotopic (exact) mass is 236 g/mol. The largest absolute Gasteiger partial charge is 0.349 e.